The quantitative estimate of drug-likeness (QED) is 0.759. The minimum atomic E-state index is 0.0278. The molecule has 2 aromatic rings. The highest BCUT2D eigenvalue weighted by atomic mass is 127. The molecule has 0 radical (unpaired) electrons. The summed E-state index contributed by atoms with van der Waals surface area (Å²) < 4.78 is 8.19. The number of nitrogens with zero attached hydrogens (tertiary/aromatic N) is 2. The van der Waals surface area contributed by atoms with Crippen LogP contribution in [-0.4, -0.2) is 16.2 Å². The molecule has 0 saturated carbocycles. The zero-order valence-electron chi connectivity index (χ0n) is 11.1. The lowest BCUT2D eigenvalue weighted by atomic mass is 10.2. The van der Waals surface area contributed by atoms with Gasteiger partial charge in [-0.2, -0.15) is 0 Å². The second kappa shape index (κ2) is 6.47. The van der Waals surface area contributed by atoms with Crippen molar-refractivity contribution in [1.82, 2.24) is 9.55 Å². The molecule has 4 nitrogen and oxygen atoms in total. The Kier molecular flexibility index (Phi) is 4.93. The summed E-state index contributed by atoms with van der Waals surface area (Å²) in [5.41, 5.74) is 0.771. The summed E-state index contributed by atoms with van der Waals surface area (Å²) in [5, 5.41) is 0.681. The number of hydrogen-bond donors (Lipinski definition) is 0. The third kappa shape index (κ3) is 3.14. The van der Waals surface area contributed by atoms with Gasteiger partial charge in [-0.05, 0) is 54.1 Å². The number of aromatic nitrogens is 2. The summed E-state index contributed by atoms with van der Waals surface area (Å²) in [4.78, 5) is 17.1. The van der Waals surface area contributed by atoms with E-state index in [1.165, 1.54) is 0 Å². The highest BCUT2D eigenvalue weighted by molar-refractivity contribution is 14.1. The van der Waals surface area contributed by atoms with Crippen molar-refractivity contribution in [3.8, 4) is 0 Å². The Balaban J connectivity index is 2.63. The maximum absolute atomic E-state index is 12.5. The maximum atomic E-state index is 12.5. The van der Waals surface area contributed by atoms with Crippen molar-refractivity contribution in [2.75, 3.05) is 6.61 Å². The van der Waals surface area contributed by atoms with Gasteiger partial charge in [0.05, 0.1) is 10.9 Å². The number of halogens is 1. The molecule has 5 heteroatoms. The molecule has 0 aliphatic heterocycles. The third-order valence-electron chi connectivity index (χ3n) is 2.88. The largest absolute Gasteiger partial charge is 0.374 e. The minimum Gasteiger partial charge on any atom is -0.374 e. The maximum Gasteiger partial charge on any atom is 0.261 e. The van der Waals surface area contributed by atoms with Crippen molar-refractivity contribution in [3.63, 3.8) is 0 Å². The van der Waals surface area contributed by atoms with Crippen molar-refractivity contribution in [2.45, 2.75) is 33.4 Å². The van der Waals surface area contributed by atoms with Gasteiger partial charge in [0, 0.05) is 16.7 Å². The van der Waals surface area contributed by atoms with Crippen LogP contribution in [0.3, 0.4) is 0 Å². The fourth-order valence-electron chi connectivity index (χ4n) is 2.00. The van der Waals surface area contributed by atoms with Crippen LogP contribution in [0.25, 0.3) is 10.9 Å². The number of fused-ring (bicyclic) bond motifs is 1. The highest BCUT2D eigenvalue weighted by Gasteiger charge is 2.10. The van der Waals surface area contributed by atoms with Gasteiger partial charge in [0.25, 0.3) is 5.56 Å². The highest BCUT2D eigenvalue weighted by Crippen LogP contribution is 2.13. The first-order valence-corrected chi connectivity index (χ1v) is 7.52. The smallest absolute Gasteiger partial charge is 0.261 e. The van der Waals surface area contributed by atoms with Crippen molar-refractivity contribution >= 4 is 33.5 Å². The molecule has 0 unspecified atom stereocenters. The van der Waals surface area contributed by atoms with Crippen LogP contribution in [0.15, 0.2) is 23.0 Å². The fraction of sp³-hybridized carbons (Fsp3) is 0.429. The van der Waals surface area contributed by atoms with Gasteiger partial charge in [0.1, 0.15) is 12.4 Å². The van der Waals surface area contributed by atoms with Crippen LogP contribution < -0.4 is 5.56 Å². The zero-order valence-corrected chi connectivity index (χ0v) is 13.3. The topological polar surface area (TPSA) is 44.1 Å². The summed E-state index contributed by atoms with van der Waals surface area (Å²) in [6.07, 6.45) is 0.899. The van der Waals surface area contributed by atoms with Crippen LogP contribution in [0, 0.1) is 3.57 Å². The molecular weight excluding hydrogens is 355 g/mol. The summed E-state index contributed by atoms with van der Waals surface area (Å²) >= 11 is 2.21. The van der Waals surface area contributed by atoms with E-state index in [4.69, 9.17) is 4.74 Å². The van der Waals surface area contributed by atoms with Gasteiger partial charge in [-0.3, -0.25) is 9.36 Å². The van der Waals surface area contributed by atoms with Crippen LogP contribution in [0.5, 0.6) is 0 Å². The lowest BCUT2D eigenvalue weighted by Crippen LogP contribution is -2.26. The molecule has 1 aromatic heterocycles. The van der Waals surface area contributed by atoms with E-state index in [-0.39, 0.29) is 5.56 Å². The average Bonchev–Trinajstić information content (AvgIpc) is 2.41. The second-order valence-corrected chi connectivity index (χ2v) is 5.53. The minimum absolute atomic E-state index is 0.0278. The normalized spacial score (nSPS) is 11.1. The van der Waals surface area contributed by atoms with E-state index < -0.39 is 0 Å². The molecule has 0 aliphatic carbocycles. The molecule has 0 atom stereocenters. The van der Waals surface area contributed by atoms with E-state index in [1.807, 2.05) is 25.1 Å². The Bertz CT molecular complexity index is 637. The van der Waals surface area contributed by atoms with Crippen molar-refractivity contribution < 1.29 is 4.74 Å². The molecule has 19 heavy (non-hydrogen) atoms. The van der Waals surface area contributed by atoms with E-state index in [9.17, 15) is 4.79 Å². The number of ether oxygens (including phenoxy) is 1. The fourth-order valence-corrected chi connectivity index (χ4v) is 2.49. The van der Waals surface area contributed by atoms with Gasteiger partial charge in [-0.25, -0.2) is 4.98 Å². The lowest BCUT2D eigenvalue weighted by molar-refractivity contribution is 0.124. The van der Waals surface area contributed by atoms with E-state index in [2.05, 4.69) is 34.5 Å². The van der Waals surface area contributed by atoms with Crippen molar-refractivity contribution in [1.29, 1.82) is 0 Å². The Hall–Kier alpha value is -0.950. The van der Waals surface area contributed by atoms with Gasteiger partial charge in [0.15, 0.2) is 0 Å². The van der Waals surface area contributed by atoms with E-state index in [1.54, 1.807) is 4.57 Å². The molecule has 2 rings (SSSR count). The van der Waals surface area contributed by atoms with Gasteiger partial charge in [-0.15, -0.1) is 0 Å². The Morgan fingerprint density at radius 3 is 2.84 bits per heavy atom. The number of hydrogen-bond acceptors (Lipinski definition) is 3. The molecule has 0 aliphatic rings. The monoisotopic (exact) mass is 372 g/mol. The van der Waals surface area contributed by atoms with E-state index in [0.717, 1.165) is 15.5 Å². The predicted octanol–water partition coefficient (Wildman–Crippen LogP) is 2.95. The van der Waals surface area contributed by atoms with Crippen LogP contribution in [0.2, 0.25) is 0 Å². The summed E-state index contributed by atoms with van der Waals surface area (Å²) in [5.74, 6) is 0.711. The molecule has 0 saturated heterocycles. The average molecular weight is 372 g/mol. The SMILES string of the molecule is CCCn1c(COCC)nc2ccc(I)cc2c1=O. The van der Waals surface area contributed by atoms with Gasteiger partial charge < -0.3 is 4.74 Å². The Morgan fingerprint density at radius 2 is 2.16 bits per heavy atom. The van der Waals surface area contributed by atoms with Gasteiger partial charge in [0.2, 0.25) is 0 Å². The Labute approximate surface area is 125 Å². The summed E-state index contributed by atoms with van der Waals surface area (Å²) in [7, 11) is 0. The molecule has 0 N–H and O–H groups in total. The number of benzene rings is 1. The first-order valence-electron chi connectivity index (χ1n) is 6.44. The summed E-state index contributed by atoms with van der Waals surface area (Å²) in [6, 6.07) is 5.75. The van der Waals surface area contributed by atoms with Crippen molar-refractivity contribution in [2.24, 2.45) is 0 Å². The molecule has 1 aromatic carbocycles. The van der Waals surface area contributed by atoms with E-state index in [0.29, 0.717) is 31.0 Å². The predicted molar refractivity (Wildman–Crippen MR) is 84.3 cm³/mol. The van der Waals surface area contributed by atoms with E-state index >= 15 is 0 Å². The van der Waals surface area contributed by atoms with Crippen LogP contribution >= 0.6 is 22.6 Å². The molecule has 0 spiro atoms. The van der Waals surface area contributed by atoms with Gasteiger partial charge in [-0.1, -0.05) is 6.92 Å². The van der Waals surface area contributed by atoms with Gasteiger partial charge >= 0.3 is 0 Å². The second-order valence-electron chi connectivity index (χ2n) is 4.28. The molecule has 0 fully saturated rings. The first-order chi connectivity index (χ1) is 9.17. The molecule has 0 bridgehead atoms. The molecule has 0 amide bonds. The van der Waals surface area contributed by atoms with Crippen LogP contribution in [0.1, 0.15) is 26.1 Å². The Morgan fingerprint density at radius 1 is 1.37 bits per heavy atom. The molecule has 102 valence electrons. The third-order valence-corrected chi connectivity index (χ3v) is 3.55. The first kappa shape index (κ1) is 14.5. The van der Waals surface area contributed by atoms with Crippen LogP contribution in [0.4, 0.5) is 0 Å². The number of rotatable bonds is 5. The van der Waals surface area contributed by atoms with Crippen LogP contribution in [-0.2, 0) is 17.9 Å². The standard InChI is InChI=1S/C14H17IN2O2/c1-3-7-17-13(9-19-4-2)16-12-6-5-10(15)8-11(12)14(17)18/h5-6,8H,3-4,7,9H2,1-2H3. The molecular formula is C14H17IN2O2. The summed E-state index contributed by atoms with van der Waals surface area (Å²) in [6.45, 7) is 5.66. The molecule has 1 heterocycles. The lowest BCUT2D eigenvalue weighted by Gasteiger charge is -2.12. The van der Waals surface area contributed by atoms with Crippen molar-refractivity contribution in [3.05, 3.63) is 37.9 Å². The zero-order chi connectivity index (χ0) is 13.8.